The zero-order chi connectivity index (χ0) is 29.3. The molecule has 3 rings (SSSR count). The zero-order valence-electron chi connectivity index (χ0n) is 23.0. The maximum Gasteiger partial charge on any atom is 0.244 e. The van der Waals surface area contributed by atoms with Crippen LogP contribution in [0.3, 0.4) is 0 Å². The third-order valence-electron chi connectivity index (χ3n) is 6.20. The molecular formula is C29H34BrN3O6S. The van der Waals surface area contributed by atoms with Gasteiger partial charge in [-0.1, -0.05) is 58.4 Å². The number of nitrogens with one attached hydrogen (secondary N) is 1. The smallest absolute Gasteiger partial charge is 0.244 e. The van der Waals surface area contributed by atoms with E-state index in [0.717, 1.165) is 26.2 Å². The molecule has 0 radical (unpaired) electrons. The largest absolute Gasteiger partial charge is 0.493 e. The molecule has 1 atom stereocenters. The van der Waals surface area contributed by atoms with Crippen molar-refractivity contribution in [1.29, 1.82) is 0 Å². The van der Waals surface area contributed by atoms with Crippen molar-refractivity contribution in [2.45, 2.75) is 25.9 Å². The van der Waals surface area contributed by atoms with Crippen LogP contribution in [0.15, 0.2) is 77.3 Å². The molecule has 11 heteroatoms. The molecule has 1 N–H and O–H groups in total. The van der Waals surface area contributed by atoms with Gasteiger partial charge in [0.2, 0.25) is 21.8 Å². The Hall–Kier alpha value is -3.57. The van der Waals surface area contributed by atoms with Gasteiger partial charge in [-0.15, -0.1) is 0 Å². The van der Waals surface area contributed by atoms with Gasteiger partial charge in [0.25, 0.3) is 0 Å². The van der Waals surface area contributed by atoms with E-state index in [1.807, 2.05) is 54.6 Å². The van der Waals surface area contributed by atoms with Crippen molar-refractivity contribution < 1.29 is 27.5 Å². The maximum absolute atomic E-state index is 14.1. The van der Waals surface area contributed by atoms with Gasteiger partial charge in [-0.3, -0.25) is 13.9 Å². The van der Waals surface area contributed by atoms with Gasteiger partial charge in [0, 0.05) is 30.0 Å². The highest BCUT2D eigenvalue weighted by Crippen LogP contribution is 2.32. The Morgan fingerprint density at radius 3 is 2.20 bits per heavy atom. The van der Waals surface area contributed by atoms with E-state index in [4.69, 9.17) is 9.47 Å². The predicted molar refractivity (Wildman–Crippen MR) is 159 cm³/mol. The van der Waals surface area contributed by atoms with E-state index in [0.29, 0.717) is 18.0 Å². The number of methoxy groups -OCH3 is 2. The van der Waals surface area contributed by atoms with Crippen molar-refractivity contribution >= 4 is 43.5 Å². The van der Waals surface area contributed by atoms with E-state index in [1.54, 1.807) is 19.1 Å². The number of amides is 2. The van der Waals surface area contributed by atoms with Crippen molar-refractivity contribution in [3.05, 3.63) is 88.4 Å². The fourth-order valence-electron chi connectivity index (χ4n) is 4.27. The summed E-state index contributed by atoms with van der Waals surface area (Å²) >= 11 is 3.46. The number of ether oxygens (including phenoxy) is 2. The Labute approximate surface area is 244 Å². The van der Waals surface area contributed by atoms with Crippen LogP contribution in [-0.2, 0) is 32.6 Å². The summed E-state index contributed by atoms with van der Waals surface area (Å²) < 4.78 is 38.3. The van der Waals surface area contributed by atoms with Crippen molar-refractivity contribution in [2.75, 3.05) is 37.9 Å². The summed E-state index contributed by atoms with van der Waals surface area (Å²) in [6, 6.07) is 20.5. The lowest BCUT2D eigenvalue weighted by molar-refractivity contribution is -0.140. The number of nitrogens with zero attached hydrogens (tertiary/aromatic N) is 2. The molecule has 0 heterocycles. The number of sulfonamides is 1. The number of hydrogen-bond donors (Lipinski definition) is 1. The highest BCUT2D eigenvalue weighted by atomic mass is 79.9. The minimum atomic E-state index is -3.90. The van der Waals surface area contributed by atoms with Crippen LogP contribution in [0.4, 0.5) is 5.69 Å². The number of carbonyl (C=O) groups is 2. The summed E-state index contributed by atoms with van der Waals surface area (Å²) in [6.07, 6.45) is 1.28. The first kappa shape index (κ1) is 31.0. The summed E-state index contributed by atoms with van der Waals surface area (Å²) in [5, 5.41) is 2.84. The maximum atomic E-state index is 14.1. The quantitative estimate of drug-likeness (QED) is 0.306. The van der Waals surface area contributed by atoms with Crippen LogP contribution in [0.1, 0.15) is 18.1 Å². The van der Waals surface area contributed by atoms with E-state index in [2.05, 4.69) is 21.2 Å². The molecule has 3 aromatic rings. The average Bonchev–Trinajstić information content (AvgIpc) is 2.93. The highest BCUT2D eigenvalue weighted by molar-refractivity contribution is 9.10. The van der Waals surface area contributed by atoms with Gasteiger partial charge >= 0.3 is 0 Å². The lowest BCUT2D eigenvalue weighted by atomic mass is 10.0. The summed E-state index contributed by atoms with van der Waals surface area (Å²) in [6.45, 7) is 1.76. The molecule has 0 aliphatic rings. The third kappa shape index (κ3) is 8.22. The van der Waals surface area contributed by atoms with Gasteiger partial charge < -0.3 is 19.7 Å². The Morgan fingerprint density at radius 2 is 1.60 bits per heavy atom. The third-order valence-corrected chi connectivity index (χ3v) is 7.83. The minimum absolute atomic E-state index is 0.0937. The standard InChI is InChI=1S/C29H34BrN3O6S/c1-5-31-29(35)25(17-21-10-7-6-8-11-21)32(19-22-12-9-13-23(30)16-22)28(34)20-33(40(4,36)37)24-14-15-26(38-2)27(18-24)39-3/h6-16,18,25H,5,17,19-20H2,1-4H3,(H,31,35). The van der Waals surface area contributed by atoms with Gasteiger partial charge in [-0.05, 0) is 42.3 Å². The Kier molecular flexibility index (Phi) is 11.0. The predicted octanol–water partition coefficient (Wildman–Crippen LogP) is 4.01. The molecule has 2 amide bonds. The monoisotopic (exact) mass is 631 g/mol. The molecule has 1 unspecified atom stereocenters. The van der Waals surface area contributed by atoms with Gasteiger partial charge in [-0.2, -0.15) is 0 Å². The molecular weight excluding hydrogens is 598 g/mol. The lowest BCUT2D eigenvalue weighted by Gasteiger charge is -2.33. The molecule has 0 aromatic heterocycles. The van der Waals surface area contributed by atoms with Crippen LogP contribution in [-0.4, -0.2) is 64.7 Å². The normalized spacial score (nSPS) is 11.8. The summed E-state index contributed by atoms with van der Waals surface area (Å²) in [4.78, 5) is 28.9. The Bertz CT molecular complexity index is 1420. The van der Waals surface area contributed by atoms with Crippen molar-refractivity contribution in [2.24, 2.45) is 0 Å². The van der Waals surface area contributed by atoms with Gasteiger partial charge in [0.15, 0.2) is 11.5 Å². The van der Waals surface area contributed by atoms with E-state index in [9.17, 15) is 18.0 Å². The van der Waals surface area contributed by atoms with Gasteiger partial charge in [0.05, 0.1) is 26.2 Å². The second-order valence-electron chi connectivity index (χ2n) is 9.06. The fourth-order valence-corrected chi connectivity index (χ4v) is 5.56. The summed E-state index contributed by atoms with van der Waals surface area (Å²) in [7, 11) is -0.986. The van der Waals surface area contributed by atoms with E-state index in [1.165, 1.54) is 25.2 Å². The van der Waals surface area contributed by atoms with Crippen molar-refractivity contribution in [3.8, 4) is 11.5 Å². The van der Waals surface area contributed by atoms with Crippen LogP contribution in [0.25, 0.3) is 0 Å². The van der Waals surface area contributed by atoms with E-state index in [-0.39, 0.29) is 24.6 Å². The number of rotatable bonds is 13. The van der Waals surface area contributed by atoms with Gasteiger partial charge in [-0.25, -0.2) is 8.42 Å². The van der Waals surface area contributed by atoms with E-state index >= 15 is 0 Å². The Balaban J connectivity index is 2.06. The molecule has 9 nitrogen and oxygen atoms in total. The van der Waals surface area contributed by atoms with Crippen molar-refractivity contribution in [1.82, 2.24) is 10.2 Å². The number of anilines is 1. The number of carbonyl (C=O) groups excluding carboxylic acids is 2. The number of benzene rings is 3. The molecule has 0 fully saturated rings. The molecule has 0 aliphatic carbocycles. The number of hydrogen-bond acceptors (Lipinski definition) is 6. The van der Waals surface area contributed by atoms with Crippen LogP contribution < -0.4 is 19.1 Å². The van der Waals surface area contributed by atoms with Crippen LogP contribution in [0.5, 0.6) is 11.5 Å². The summed E-state index contributed by atoms with van der Waals surface area (Å²) in [5.74, 6) is -0.128. The second kappa shape index (κ2) is 14.2. The minimum Gasteiger partial charge on any atom is -0.493 e. The van der Waals surface area contributed by atoms with Crippen LogP contribution >= 0.6 is 15.9 Å². The fraction of sp³-hybridized carbons (Fsp3) is 0.310. The molecule has 3 aromatic carbocycles. The molecule has 0 saturated carbocycles. The molecule has 0 saturated heterocycles. The first-order chi connectivity index (χ1) is 19.1. The van der Waals surface area contributed by atoms with Crippen LogP contribution in [0.2, 0.25) is 0 Å². The second-order valence-corrected chi connectivity index (χ2v) is 11.9. The first-order valence-corrected chi connectivity index (χ1v) is 15.3. The number of halogens is 1. The molecule has 0 bridgehead atoms. The van der Waals surface area contributed by atoms with Gasteiger partial charge in [0.1, 0.15) is 12.6 Å². The average molecular weight is 633 g/mol. The first-order valence-electron chi connectivity index (χ1n) is 12.6. The molecule has 0 spiro atoms. The number of likely N-dealkylation sites (N-methyl/N-ethyl adjacent to an activating group) is 1. The molecule has 40 heavy (non-hydrogen) atoms. The van der Waals surface area contributed by atoms with Crippen molar-refractivity contribution in [3.63, 3.8) is 0 Å². The zero-order valence-corrected chi connectivity index (χ0v) is 25.4. The lowest BCUT2D eigenvalue weighted by Crippen LogP contribution is -2.53. The Morgan fingerprint density at radius 1 is 0.925 bits per heavy atom. The van der Waals surface area contributed by atoms with Crippen LogP contribution in [0, 0.1) is 0 Å². The summed E-state index contributed by atoms with van der Waals surface area (Å²) in [5.41, 5.74) is 1.88. The molecule has 0 aliphatic heterocycles. The molecule has 214 valence electrons. The topological polar surface area (TPSA) is 105 Å². The highest BCUT2D eigenvalue weighted by Gasteiger charge is 2.33. The van der Waals surface area contributed by atoms with E-state index < -0.39 is 28.5 Å². The SMILES string of the molecule is CCNC(=O)C(Cc1ccccc1)N(Cc1cccc(Br)c1)C(=O)CN(c1ccc(OC)c(OC)c1)S(C)(=O)=O.